The van der Waals surface area contributed by atoms with E-state index in [9.17, 15) is 36.5 Å². The number of hydrogen-bond donors (Lipinski definition) is 1. The molecule has 30 heavy (non-hydrogen) atoms. The van der Waals surface area contributed by atoms with E-state index in [2.05, 4.69) is 5.32 Å². The summed E-state index contributed by atoms with van der Waals surface area (Å²) in [5.74, 6) is -1.27. The van der Waals surface area contributed by atoms with Crippen LogP contribution < -0.4 is 5.32 Å². The van der Waals surface area contributed by atoms with Crippen molar-refractivity contribution in [3.8, 4) is 0 Å². The third kappa shape index (κ3) is 5.96. The zero-order chi connectivity index (χ0) is 22.5. The topological polar surface area (TPSA) is 170 Å². The minimum atomic E-state index is -4.24. The number of alkyl carbamates (subject to hydrolysis) is 1. The lowest BCUT2D eigenvalue weighted by molar-refractivity contribution is -0.387. The molecule has 1 heterocycles. The summed E-state index contributed by atoms with van der Waals surface area (Å²) in [5.41, 5.74) is -0.574. The molecule has 1 fully saturated rings. The number of nitrogens with one attached hydrogen (secondary N) is 1. The number of para-hydroxylation sites is 1. The number of sulfonamides is 1. The summed E-state index contributed by atoms with van der Waals surface area (Å²) in [6.45, 7) is -0.736. The maximum absolute atomic E-state index is 12.9. The third-order valence-corrected chi connectivity index (χ3v) is 7.29. The lowest BCUT2D eigenvalue weighted by atomic mass is 9.95. The van der Waals surface area contributed by atoms with Gasteiger partial charge in [-0.2, -0.15) is 4.31 Å². The molecule has 14 heteroatoms. The van der Waals surface area contributed by atoms with Gasteiger partial charge in [-0.25, -0.2) is 21.6 Å². The second-order valence-corrected chi connectivity index (χ2v) is 10.9. The van der Waals surface area contributed by atoms with E-state index in [1.807, 2.05) is 0 Å². The Hall–Kier alpha value is -2.58. The molecular weight excluding hydrogens is 442 g/mol. The van der Waals surface area contributed by atoms with Gasteiger partial charge in [-0.3, -0.25) is 10.1 Å². The van der Waals surface area contributed by atoms with Crippen molar-refractivity contribution >= 4 is 37.9 Å². The Kier molecular flexibility index (Phi) is 7.49. The molecule has 0 saturated carbocycles. The molecule has 166 valence electrons. The molecule has 1 aliphatic heterocycles. The van der Waals surface area contributed by atoms with Crippen LogP contribution >= 0.6 is 0 Å². The number of carbonyl (C=O) groups excluding carboxylic acids is 2. The van der Waals surface area contributed by atoms with E-state index in [0.29, 0.717) is 6.29 Å². The Morgan fingerprint density at radius 2 is 2.00 bits per heavy atom. The van der Waals surface area contributed by atoms with Gasteiger partial charge in [-0.05, 0) is 12.5 Å². The number of hydrogen-bond acceptors (Lipinski definition) is 9. The van der Waals surface area contributed by atoms with Crippen LogP contribution in [-0.4, -0.2) is 76.2 Å². The smallest absolute Gasteiger partial charge is 0.407 e. The molecule has 0 aromatic heterocycles. The molecule has 1 aliphatic rings. The Morgan fingerprint density at radius 3 is 2.60 bits per heavy atom. The number of nitro benzene ring substituents is 1. The van der Waals surface area contributed by atoms with Crippen molar-refractivity contribution in [3.63, 3.8) is 0 Å². The van der Waals surface area contributed by atoms with Crippen molar-refractivity contribution in [3.05, 3.63) is 34.4 Å². The summed E-state index contributed by atoms with van der Waals surface area (Å²) in [5, 5.41) is 13.6. The summed E-state index contributed by atoms with van der Waals surface area (Å²) in [4.78, 5) is 33.2. The number of ether oxygens (including phenoxy) is 1. The van der Waals surface area contributed by atoms with Crippen LogP contribution in [0.15, 0.2) is 29.2 Å². The van der Waals surface area contributed by atoms with Crippen molar-refractivity contribution in [1.82, 2.24) is 9.62 Å². The van der Waals surface area contributed by atoms with Crippen LogP contribution in [0.3, 0.4) is 0 Å². The normalized spacial score (nSPS) is 20.3. The number of nitro groups is 1. The lowest BCUT2D eigenvalue weighted by Gasteiger charge is -2.35. The van der Waals surface area contributed by atoms with Crippen LogP contribution in [0.25, 0.3) is 0 Å². The van der Waals surface area contributed by atoms with E-state index < -0.39 is 53.4 Å². The molecule has 0 bridgehead atoms. The van der Waals surface area contributed by atoms with Gasteiger partial charge in [0.05, 0.1) is 10.7 Å². The Morgan fingerprint density at radius 1 is 1.33 bits per heavy atom. The Bertz CT molecular complexity index is 1020. The monoisotopic (exact) mass is 463 g/mol. The third-order valence-electron chi connectivity index (χ3n) is 4.47. The Balaban J connectivity index is 2.08. The number of benzene rings is 1. The molecular formula is C16H21N3O9S2. The number of carbonyl (C=O) groups is 2. The van der Waals surface area contributed by atoms with Crippen LogP contribution in [0.2, 0.25) is 0 Å². The van der Waals surface area contributed by atoms with Gasteiger partial charge >= 0.3 is 6.09 Å². The van der Waals surface area contributed by atoms with E-state index >= 15 is 0 Å². The molecule has 0 aliphatic carbocycles. The van der Waals surface area contributed by atoms with Crippen LogP contribution in [0, 0.1) is 16.0 Å². The molecule has 0 spiro atoms. The van der Waals surface area contributed by atoms with E-state index in [1.54, 1.807) is 0 Å². The number of piperidine rings is 1. The highest BCUT2D eigenvalue weighted by Gasteiger charge is 2.38. The van der Waals surface area contributed by atoms with Gasteiger partial charge in [-0.15, -0.1) is 0 Å². The second-order valence-electron chi connectivity index (χ2n) is 6.69. The quantitative estimate of drug-likeness (QED) is 0.315. The predicted octanol–water partition coefficient (Wildman–Crippen LogP) is -0.0563. The standard InChI is InChI=1S/C16H21N3O9S2/c1-29(24,25)9-8-28-16(21)17-13-6-7-18(10-12(13)11-20)30(26,27)15-5-3-2-4-14(15)19(22)23/h2-5,11-13H,6-10H2,1H3,(H,17,21). The minimum absolute atomic E-state index is 0.0600. The molecule has 2 atom stereocenters. The summed E-state index contributed by atoms with van der Waals surface area (Å²) in [6, 6.07) is 4.16. The van der Waals surface area contributed by atoms with Gasteiger partial charge in [0.1, 0.15) is 12.9 Å². The van der Waals surface area contributed by atoms with Crippen molar-refractivity contribution in [2.45, 2.75) is 17.4 Å². The number of sulfone groups is 1. The fraction of sp³-hybridized carbons (Fsp3) is 0.500. The summed E-state index contributed by atoms with van der Waals surface area (Å²) in [7, 11) is -7.55. The summed E-state index contributed by atoms with van der Waals surface area (Å²) >= 11 is 0. The van der Waals surface area contributed by atoms with Crippen molar-refractivity contribution < 1.29 is 36.1 Å². The van der Waals surface area contributed by atoms with Crippen molar-refractivity contribution in [2.75, 3.05) is 31.7 Å². The van der Waals surface area contributed by atoms with Gasteiger partial charge < -0.3 is 14.8 Å². The Labute approximate surface area is 173 Å². The first-order valence-corrected chi connectivity index (χ1v) is 12.3. The minimum Gasteiger partial charge on any atom is -0.448 e. The molecule has 2 rings (SSSR count). The van der Waals surface area contributed by atoms with Crippen molar-refractivity contribution in [2.24, 2.45) is 5.92 Å². The van der Waals surface area contributed by atoms with E-state index in [-0.39, 0.29) is 31.9 Å². The molecule has 1 saturated heterocycles. The highest BCUT2D eigenvalue weighted by molar-refractivity contribution is 7.90. The number of rotatable bonds is 8. The summed E-state index contributed by atoms with van der Waals surface area (Å²) < 4.78 is 53.6. The van der Waals surface area contributed by atoms with Gasteiger partial charge in [0.15, 0.2) is 14.7 Å². The van der Waals surface area contributed by atoms with Crippen LogP contribution in [0.1, 0.15) is 6.42 Å². The molecule has 1 amide bonds. The average molecular weight is 463 g/mol. The van der Waals surface area contributed by atoms with Crippen molar-refractivity contribution in [1.29, 1.82) is 0 Å². The van der Waals surface area contributed by atoms with Gasteiger partial charge in [0, 0.05) is 37.4 Å². The SMILES string of the molecule is CS(=O)(=O)CCOC(=O)NC1CCN(S(=O)(=O)c2ccccc2[N+](=O)[O-])CC1C=O. The number of nitrogens with zero attached hydrogens (tertiary/aromatic N) is 2. The molecule has 2 unspecified atom stereocenters. The van der Waals surface area contributed by atoms with E-state index in [4.69, 9.17) is 4.74 Å². The maximum Gasteiger partial charge on any atom is 0.407 e. The van der Waals surface area contributed by atoms with E-state index in [1.165, 1.54) is 12.1 Å². The molecule has 1 aromatic rings. The highest BCUT2D eigenvalue weighted by atomic mass is 32.2. The number of aldehydes is 1. The predicted molar refractivity (Wildman–Crippen MR) is 104 cm³/mol. The van der Waals surface area contributed by atoms with Crippen LogP contribution in [0.5, 0.6) is 0 Å². The number of amides is 1. The molecule has 1 N–H and O–H groups in total. The molecule has 0 radical (unpaired) electrons. The zero-order valence-corrected chi connectivity index (χ0v) is 17.6. The maximum atomic E-state index is 12.9. The van der Waals surface area contributed by atoms with E-state index in [0.717, 1.165) is 22.7 Å². The first kappa shape index (κ1) is 23.7. The second kappa shape index (κ2) is 9.49. The molecule has 12 nitrogen and oxygen atoms in total. The molecule has 1 aromatic carbocycles. The van der Waals surface area contributed by atoms with Crippen LogP contribution in [-0.2, 0) is 29.4 Å². The van der Waals surface area contributed by atoms with Gasteiger partial charge in [0.2, 0.25) is 10.0 Å². The lowest BCUT2D eigenvalue weighted by Crippen LogP contribution is -2.53. The fourth-order valence-corrected chi connectivity index (χ4v) is 4.97. The van der Waals surface area contributed by atoms with Gasteiger partial charge in [-0.1, -0.05) is 12.1 Å². The van der Waals surface area contributed by atoms with Crippen LogP contribution in [0.4, 0.5) is 10.5 Å². The first-order valence-electron chi connectivity index (χ1n) is 8.75. The first-order chi connectivity index (χ1) is 14.0. The average Bonchev–Trinajstić information content (AvgIpc) is 2.67. The highest BCUT2D eigenvalue weighted by Crippen LogP contribution is 2.29. The van der Waals surface area contributed by atoms with Gasteiger partial charge in [0.25, 0.3) is 5.69 Å². The fourth-order valence-electron chi connectivity index (χ4n) is 2.93. The largest absolute Gasteiger partial charge is 0.448 e. The summed E-state index contributed by atoms with van der Waals surface area (Å²) in [6.07, 6.45) is 0.613. The zero-order valence-electron chi connectivity index (χ0n) is 16.0.